The van der Waals surface area contributed by atoms with Crippen LogP contribution in [0.2, 0.25) is 0 Å². The first-order chi connectivity index (χ1) is 9.36. The number of para-hydroxylation sites is 2. The molecule has 19 heavy (non-hydrogen) atoms. The van der Waals surface area contributed by atoms with Crippen molar-refractivity contribution < 1.29 is 9.47 Å². The Kier molecular flexibility index (Phi) is 3.07. The molecule has 3 aromatic carbocycles. The van der Waals surface area contributed by atoms with Gasteiger partial charge >= 0.3 is 0 Å². The average molecular weight is 250 g/mol. The molecule has 0 N–H and O–H groups in total. The molecule has 0 unspecified atom stereocenters. The summed E-state index contributed by atoms with van der Waals surface area (Å²) in [5.74, 6) is 2.26. The normalized spacial score (nSPS) is 10.4. The van der Waals surface area contributed by atoms with E-state index in [0.29, 0.717) is 0 Å². The number of ether oxygens (including phenoxy) is 2. The van der Waals surface area contributed by atoms with E-state index in [1.165, 1.54) is 5.39 Å². The molecule has 3 rings (SSSR count). The highest BCUT2D eigenvalue weighted by Crippen LogP contribution is 2.32. The smallest absolute Gasteiger partial charge is 0.169 e. The molecule has 2 heteroatoms. The summed E-state index contributed by atoms with van der Waals surface area (Å²) < 4.78 is 11.2. The lowest BCUT2D eigenvalue weighted by atomic mass is 10.1. The summed E-state index contributed by atoms with van der Waals surface area (Å²) in [4.78, 5) is 0. The molecule has 0 amide bonds. The van der Waals surface area contributed by atoms with Gasteiger partial charge in [0.2, 0.25) is 0 Å². The second kappa shape index (κ2) is 5.02. The van der Waals surface area contributed by atoms with Crippen LogP contribution in [0.3, 0.4) is 0 Å². The lowest BCUT2D eigenvalue weighted by Gasteiger charge is -2.10. The molecule has 94 valence electrons. The zero-order chi connectivity index (χ0) is 13.1. The lowest BCUT2D eigenvalue weighted by Crippen LogP contribution is -1.89. The topological polar surface area (TPSA) is 18.5 Å². The summed E-state index contributed by atoms with van der Waals surface area (Å²) in [7, 11) is 1.64. The summed E-state index contributed by atoms with van der Waals surface area (Å²) in [5.41, 5.74) is 0. The van der Waals surface area contributed by atoms with E-state index in [9.17, 15) is 0 Å². The molecule has 0 aromatic heterocycles. The Bertz CT molecular complexity index is 704. The highest BCUT2D eigenvalue weighted by molar-refractivity contribution is 5.83. The van der Waals surface area contributed by atoms with Gasteiger partial charge in [0.25, 0.3) is 0 Å². The number of rotatable bonds is 3. The molecule has 2 nitrogen and oxygen atoms in total. The van der Waals surface area contributed by atoms with E-state index < -0.39 is 0 Å². The molecule has 0 spiro atoms. The van der Waals surface area contributed by atoms with Gasteiger partial charge in [-0.05, 0) is 35.0 Å². The fraction of sp³-hybridized carbons (Fsp3) is 0.0588. The zero-order valence-corrected chi connectivity index (χ0v) is 10.7. The van der Waals surface area contributed by atoms with Crippen LogP contribution in [0.4, 0.5) is 0 Å². The molecule has 0 bridgehead atoms. The summed E-state index contributed by atoms with van der Waals surface area (Å²) in [6, 6.07) is 21.9. The van der Waals surface area contributed by atoms with Crippen LogP contribution in [0.1, 0.15) is 0 Å². The first-order valence-electron chi connectivity index (χ1n) is 6.16. The van der Waals surface area contributed by atoms with Crippen LogP contribution >= 0.6 is 0 Å². The van der Waals surface area contributed by atoms with E-state index in [2.05, 4.69) is 18.2 Å². The predicted octanol–water partition coefficient (Wildman–Crippen LogP) is 4.64. The Hall–Kier alpha value is -2.48. The number of fused-ring (bicyclic) bond motifs is 1. The third kappa shape index (κ3) is 2.38. The standard InChI is InChI=1S/C17H14O2/c1-18-16-8-4-5-9-17(16)19-15-11-10-13-6-2-3-7-14(13)12-15/h2-12H,1H3. The minimum absolute atomic E-state index is 0.722. The molecule has 0 radical (unpaired) electrons. The largest absolute Gasteiger partial charge is 0.493 e. The molecule has 0 saturated carbocycles. The fourth-order valence-electron chi connectivity index (χ4n) is 2.06. The Labute approximate surface area is 112 Å². The van der Waals surface area contributed by atoms with E-state index in [1.54, 1.807) is 7.11 Å². The zero-order valence-electron chi connectivity index (χ0n) is 10.7. The third-order valence-corrected chi connectivity index (χ3v) is 3.02. The first-order valence-corrected chi connectivity index (χ1v) is 6.16. The molecular weight excluding hydrogens is 236 g/mol. The number of hydrogen-bond acceptors (Lipinski definition) is 2. The first kappa shape index (κ1) is 11.6. The quantitative estimate of drug-likeness (QED) is 0.674. The molecule has 0 fully saturated rings. The van der Waals surface area contributed by atoms with Crippen molar-refractivity contribution in [2.75, 3.05) is 7.11 Å². The minimum atomic E-state index is 0.722. The van der Waals surface area contributed by atoms with Gasteiger partial charge in [-0.25, -0.2) is 0 Å². The maximum Gasteiger partial charge on any atom is 0.169 e. The second-order valence-corrected chi connectivity index (χ2v) is 4.26. The van der Waals surface area contributed by atoms with E-state index in [0.717, 1.165) is 22.6 Å². The van der Waals surface area contributed by atoms with Gasteiger partial charge in [-0.3, -0.25) is 0 Å². The van der Waals surface area contributed by atoms with Gasteiger partial charge in [0.05, 0.1) is 7.11 Å². The van der Waals surface area contributed by atoms with Gasteiger partial charge in [0, 0.05) is 0 Å². The third-order valence-electron chi connectivity index (χ3n) is 3.02. The molecule has 0 aliphatic carbocycles. The van der Waals surface area contributed by atoms with Crippen molar-refractivity contribution in [2.45, 2.75) is 0 Å². The lowest BCUT2D eigenvalue weighted by molar-refractivity contribution is 0.379. The number of benzene rings is 3. The monoisotopic (exact) mass is 250 g/mol. The number of hydrogen-bond donors (Lipinski definition) is 0. The van der Waals surface area contributed by atoms with Gasteiger partial charge in [0.1, 0.15) is 5.75 Å². The summed E-state index contributed by atoms with van der Waals surface area (Å²) >= 11 is 0. The highest BCUT2D eigenvalue weighted by atomic mass is 16.5. The van der Waals surface area contributed by atoms with Crippen molar-refractivity contribution in [2.24, 2.45) is 0 Å². The van der Waals surface area contributed by atoms with E-state index in [1.807, 2.05) is 48.5 Å². The maximum absolute atomic E-state index is 5.88. The Balaban J connectivity index is 1.96. The molecule has 0 saturated heterocycles. The molecule has 3 aromatic rings. The van der Waals surface area contributed by atoms with Gasteiger partial charge in [-0.1, -0.05) is 42.5 Å². The van der Waals surface area contributed by atoms with E-state index in [-0.39, 0.29) is 0 Å². The van der Waals surface area contributed by atoms with Crippen molar-refractivity contribution in [1.29, 1.82) is 0 Å². The molecule has 0 heterocycles. The van der Waals surface area contributed by atoms with E-state index >= 15 is 0 Å². The van der Waals surface area contributed by atoms with Crippen molar-refractivity contribution in [3.05, 3.63) is 66.7 Å². The second-order valence-electron chi connectivity index (χ2n) is 4.26. The summed E-state index contributed by atoms with van der Waals surface area (Å²) in [5, 5.41) is 2.37. The minimum Gasteiger partial charge on any atom is -0.493 e. The summed E-state index contributed by atoms with van der Waals surface area (Å²) in [6.45, 7) is 0. The maximum atomic E-state index is 5.88. The van der Waals surface area contributed by atoms with Crippen molar-refractivity contribution in [3.8, 4) is 17.2 Å². The Morgan fingerprint density at radius 3 is 2.16 bits per heavy atom. The van der Waals surface area contributed by atoms with Gasteiger partial charge in [0.15, 0.2) is 11.5 Å². The van der Waals surface area contributed by atoms with Gasteiger partial charge in [-0.15, -0.1) is 0 Å². The van der Waals surface area contributed by atoms with Crippen LogP contribution in [0, 0.1) is 0 Å². The number of methoxy groups -OCH3 is 1. The van der Waals surface area contributed by atoms with Crippen LogP contribution < -0.4 is 9.47 Å². The van der Waals surface area contributed by atoms with Gasteiger partial charge in [-0.2, -0.15) is 0 Å². The summed E-state index contributed by atoms with van der Waals surface area (Å²) in [6.07, 6.45) is 0. The van der Waals surface area contributed by atoms with E-state index in [4.69, 9.17) is 9.47 Å². The van der Waals surface area contributed by atoms with Crippen LogP contribution in [0.15, 0.2) is 66.7 Å². The van der Waals surface area contributed by atoms with Gasteiger partial charge < -0.3 is 9.47 Å². The Morgan fingerprint density at radius 2 is 1.37 bits per heavy atom. The fourth-order valence-corrected chi connectivity index (χ4v) is 2.06. The van der Waals surface area contributed by atoms with Crippen LogP contribution in [-0.4, -0.2) is 7.11 Å². The van der Waals surface area contributed by atoms with Crippen LogP contribution in [0.25, 0.3) is 10.8 Å². The van der Waals surface area contributed by atoms with Crippen molar-refractivity contribution in [1.82, 2.24) is 0 Å². The predicted molar refractivity (Wildman–Crippen MR) is 77.0 cm³/mol. The molecule has 0 atom stereocenters. The molecular formula is C17H14O2. The molecule has 0 aliphatic rings. The SMILES string of the molecule is COc1ccccc1Oc1ccc2ccccc2c1. The Morgan fingerprint density at radius 1 is 0.684 bits per heavy atom. The van der Waals surface area contributed by atoms with Crippen molar-refractivity contribution >= 4 is 10.8 Å². The van der Waals surface area contributed by atoms with Crippen LogP contribution in [0.5, 0.6) is 17.2 Å². The average Bonchev–Trinajstić information content (AvgIpc) is 2.48. The molecule has 0 aliphatic heterocycles. The van der Waals surface area contributed by atoms with Crippen molar-refractivity contribution in [3.63, 3.8) is 0 Å². The highest BCUT2D eigenvalue weighted by Gasteiger charge is 2.04. The van der Waals surface area contributed by atoms with Crippen LogP contribution in [-0.2, 0) is 0 Å².